The molecule has 0 bridgehead atoms. The number of ether oxygens (including phenoxy) is 1. The van der Waals surface area contributed by atoms with Crippen LogP contribution in [0.2, 0.25) is 0 Å². The van der Waals surface area contributed by atoms with Gasteiger partial charge in [0.2, 0.25) is 0 Å². The van der Waals surface area contributed by atoms with Gasteiger partial charge in [0.15, 0.2) is 5.82 Å². The van der Waals surface area contributed by atoms with Gasteiger partial charge in [-0.15, -0.1) is 0 Å². The minimum atomic E-state index is -0.105. The first kappa shape index (κ1) is 19.0. The summed E-state index contributed by atoms with van der Waals surface area (Å²) in [5, 5.41) is 0. The van der Waals surface area contributed by atoms with Crippen LogP contribution in [0.5, 0.6) is 0 Å². The van der Waals surface area contributed by atoms with E-state index in [1.54, 1.807) is 11.8 Å². The van der Waals surface area contributed by atoms with Gasteiger partial charge in [-0.3, -0.25) is 0 Å². The Morgan fingerprint density at radius 1 is 1.19 bits per heavy atom. The molecule has 140 valence electrons. The second-order valence-electron chi connectivity index (χ2n) is 7.79. The minimum absolute atomic E-state index is 0.101. The molecular formula is C20H28N4OS. The Labute approximate surface area is 160 Å². The first-order chi connectivity index (χ1) is 12.2. The number of aromatic nitrogens is 2. The molecular weight excluding hydrogens is 344 g/mol. The summed E-state index contributed by atoms with van der Waals surface area (Å²) in [6.45, 7) is 11.0. The second-order valence-corrected chi connectivity index (χ2v) is 9.22. The molecule has 1 aliphatic heterocycles. The number of hydrogen-bond acceptors (Lipinski definition) is 6. The molecule has 3 rings (SSSR count). The number of nitrogens with zero attached hydrogens (tertiary/aromatic N) is 3. The van der Waals surface area contributed by atoms with Crippen molar-refractivity contribution < 1.29 is 4.74 Å². The summed E-state index contributed by atoms with van der Waals surface area (Å²) in [4.78, 5) is 12.1. The standard InChI is InChI=1S/C20H28N4OS/c1-19(2)13-25-11-10-24(19)17-12-16(20(3,4)26-5)22-18(23-17)14-6-8-15(21)9-7-14/h6-9,12H,10-11,13,21H2,1-5H3. The molecule has 6 heteroatoms. The third-order valence-electron chi connectivity index (χ3n) is 4.93. The van der Waals surface area contributed by atoms with Crippen LogP contribution in [0.1, 0.15) is 33.4 Å². The van der Waals surface area contributed by atoms with E-state index < -0.39 is 0 Å². The van der Waals surface area contributed by atoms with Crippen molar-refractivity contribution in [2.75, 3.05) is 36.6 Å². The molecule has 0 unspecified atom stereocenters. The molecule has 26 heavy (non-hydrogen) atoms. The molecule has 2 heterocycles. The smallest absolute Gasteiger partial charge is 0.161 e. The summed E-state index contributed by atoms with van der Waals surface area (Å²) in [6, 6.07) is 9.88. The predicted molar refractivity (Wildman–Crippen MR) is 111 cm³/mol. The molecule has 1 fully saturated rings. The fraction of sp³-hybridized carbons (Fsp3) is 0.500. The van der Waals surface area contributed by atoms with Crippen molar-refractivity contribution >= 4 is 23.3 Å². The second kappa shape index (κ2) is 7.08. The van der Waals surface area contributed by atoms with Gasteiger partial charge < -0.3 is 15.4 Å². The molecule has 0 atom stereocenters. The van der Waals surface area contributed by atoms with Gasteiger partial charge in [0.25, 0.3) is 0 Å². The first-order valence-electron chi connectivity index (χ1n) is 8.89. The van der Waals surface area contributed by atoms with Gasteiger partial charge in [-0.2, -0.15) is 11.8 Å². The van der Waals surface area contributed by atoms with Gasteiger partial charge in [0.1, 0.15) is 5.82 Å². The van der Waals surface area contributed by atoms with Gasteiger partial charge >= 0.3 is 0 Å². The zero-order valence-electron chi connectivity index (χ0n) is 16.2. The highest BCUT2D eigenvalue weighted by molar-refractivity contribution is 7.99. The molecule has 1 aromatic heterocycles. The highest BCUT2D eigenvalue weighted by Gasteiger charge is 2.33. The Morgan fingerprint density at radius 3 is 2.50 bits per heavy atom. The molecule has 1 aromatic carbocycles. The molecule has 2 N–H and O–H groups in total. The minimum Gasteiger partial charge on any atom is -0.399 e. The van der Waals surface area contributed by atoms with E-state index in [9.17, 15) is 0 Å². The molecule has 0 saturated carbocycles. The average molecular weight is 373 g/mol. The molecule has 2 aromatic rings. The van der Waals surface area contributed by atoms with Crippen LogP contribution in [0.15, 0.2) is 30.3 Å². The number of anilines is 2. The maximum absolute atomic E-state index is 5.84. The molecule has 0 amide bonds. The summed E-state index contributed by atoms with van der Waals surface area (Å²) >= 11 is 1.79. The van der Waals surface area contributed by atoms with Gasteiger partial charge in [0.05, 0.1) is 29.2 Å². The third kappa shape index (κ3) is 3.81. The summed E-state index contributed by atoms with van der Waals surface area (Å²) < 4.78 is 5.58. The first-order valence-corrected chi connectivity index (χ1v) is 10.1. The Balaban J connectivity index is 2.13. The molecule has 1 aliphatic rings. The van der Waals surface area contributed by atoms with E-state index in [1.807, 2.05) is 24.3 Å². The van der Waals surface area contributed by atoms with Crippen LogP contribution in [-0.4, -0.2) is 41.5 Å². The molecule has 5 nitrogen and oxygen atoms in total. The third-order valence-corrected chi connectivity index (χ3v) is 6.16. The maximum Gasteiger partial charge on any atom is 0.161 e. The van der Waals surface area contributed by atoms with Crippen molar-refractivity contribution in [1.29, 1.82) is 0 Å². The van der Waals surface area contributed by atoms with Crippen LogP contribution in [0, 0.1) is 0 Å². The number of nitrogen functional groups attached to an aromatic ring is 1. The zero-order valence-corrected chi connectivity index (χ0v) is 17.1. The molecule has 0 spiro atoms. The lowest BCUT2D eigenvalue weighted by molar-refractivity contribution is 0.0639. The van der Waals surface area contributed by atoms with Crippen molar-refractivity contribution in [3.8, 4) is 11.4 Å². The summed E-state index contributed by atoms with van der Waals surface area (Å²) in [6.07, 6.45) is 2.11. The molecule has 0 radical (unpaired) electrons. The lowest BCUT2D eigenvalue weighted by Crippen LogP contribution is -2.53. The largest absolute Gasteiger partial charge is 0.399 e. The quantitative estimate of drug-likeness (QED) is 0.820. The SMILES string of the molecule is CSC(C)(C)c1cc(N2CCOCC2(C)C)nc(-c2ccc(N)cc2)n1. The van der Waals surface area contributed by atoms with Crippen molar-refractivity contribution in [2.45, 2.75) is 38.0 Å². The van der Waals surface area contributed by atoms with Crippen LogP contribution in [-0.2, 0) is 9.48 Å². The Morgan fingerprint density at radius 2 is 1.88 bits per heavy atom. The maximum atomic E-state index is 5.84. The van der Waals surface area contributed by atoms with E-state index >= 15 is 0 Å². The Hall–Kier alpha value is -1.79. The van der Waals surface area contributed by atoms with Crippen molar-refractivity contribution in [3.05, 3.63) is 36.0 Å². The Bertz CT molecular complexity index is 774. The van der Waals surface area contributed by atoms with Gasteiger partial charge in [-0.1, -0.05) is 0 Å². The summed E-state index contributed by atoms with van der Waals surface area (Å²) in [7, 11) is 0. The number of rotatable bonds is 4. The van der Waals surface area contributed by atoms with E-state index in [4.69, 9.17) is 20.4 Å². The summed E-state index contributed by atoms with van der Waals surface area (Å²) in [5.41, 5.74) is 8.48. The fourth-order valence-corrected chi connectivity index (χ4v) is 3.34. The predicted octanol–water partition coefficient (Wildman–Crippen LogP) is 3.94. The number of hydrogen-bond donors (Lipinski definition) is 1. The van der Waals surface area contributed by atoms with Crippen LogP contribution in [0.3, 0.4) is 0 Å². The normalized spacial score (nSPS) is 17.3. The van der Waals surface area contributed by atoms with Crippen molar-refractivity contribution in [3.63, 3.8) is 0 Å². The van der Waals surface area contributed by atoms with Gasteiger partial charge in [-0.05, 0) is 58.2 Å². The molecule has 1 saturated heterocycles. The average Bonchev–Trinajstić information content (AvgIpc) is 2.61. The summed E-state index contributed by atoms with van der Waals surface area (Å²) in [5.74, 6) is 1.69. The topological polar surface area (TPSA) is 64.3 Å². The monoisotopic (exact) mass is 372 g/mol. The number of nitrogens with two attached hydrogens (primary N) is 1. The van der Waals surface area contributed by atoms with E-state index in [0.29, 0.717) is 13.2 Å². The van der Waals surface area contributed by atoms with E-state index in [2.05, 4.69) is 44.9 Å². The van der Waals surface area contributed by atoms with E-state index in [0.717, 1.165) is 35.1 Å². The number of thioether (sulfide) groups is 1. The zero-order chi connectivity index (χ0) is 18.9. The fourth-order valence-electron chi connectivity index (χ4n) is 3.03. The Kier molecular flexibility index (Phi) is 5.17. The van der Waals surface area contributed by atoms with Crippen molar-refractivity contribution in [2.24, 2.45) is 0 Å². The van der Waals surface area contributed by atoms with E-state index in [-0.39, 0.29) is 10.3 Å². The number of morpholine rings is 1. The van der Waals surface area contributed by atoms with Crippen LogP contribution >= 0.6 is 11.8 Å². The van der Waals surface area contributed by atoms with E-state index in [1.165, 1.54) is 0 Å². The lowest BCUT2D eigenvalue weighted by atomic mass is 10.0. The number of benzene rings is 1. The van der Waals surface area contributed by atoms with Crippen LogP contribution in [0.25, 0.3) is 11.4 Å². The molecule has 0 aliphatic carbocycles. The highest BCUT2D eigenvalue weighted by Crippen LogP contribution is 2.36. The lowest BCUT2D eigenvalue weighted by Gasteiger charge is -2.43. The van der Waals surface area contributed by atoms with Crippen LogP contribution < -0.4 is 10.6 Å². The van der Waals surface area contributed by atoms with Crippen molar-refractivity contribution in [1.82, 2.24) is 9.97 Å². The van der Waals surface area contributed by atoms with Gasteiger partial charge in [0, 0.05) is 23.9 Å². The highest BCUT2D eigenvalue weighted by atomic mass is 32.2. The van der Waals surface area contributed by atoms with Gasteiger partial charge in [-0.25, -0.2) is 9.97 Å². The van der Waals surface area contributed by atoms with Crippen LogP contribution in [0.4, 0.5) is 11.5 Å².